The van der Waals surface area contributed by atoms with E-state index in [1.165, 1.54) is 0 Å². The van der Waals surface area contributed by atoms with E-state index in [4.69, 9.17) is 0 Å². The molecule has 0 saturated carbocycles. The van der Waals surface area contributed by atoms with Gasteiger partial charge in [-0.2, -0.15) is 13.2 Å². The van der Waals surface area contributed by atoms with Crippen LogP contribution in [-0.4, -0.2) is 17.7 Å². The van der Waals surface area contributed by atoms with Gasteiger partial charge in [0.25, 0.3) is 0 Å². The Hall–Kier alpha value is -1.10. The van der Waals surface area contributed by atoms with Gasteiger partial charge in [-0.25, -0.2) is 0 Å². The monoisotopic (exact) mass is 232 g/mol. The number of hydrogen-bond donors (Lipinski definition) is 1. The maximum Gasteiger partial charge on any atom is 0.389 e. The quantitative estimate of drug-likeness (QED) is 0.843. The molecule has 1 atom stereocenters. The van der Waals surface area contributed by atoms with Crippen molar-refractivity contribution in [2.24, 2.45) is 0 Å². The van der Waals surface area contributed by atoms with E-state index in [1.54, 1.807) is 24.4 Å². The van der Waals surface area contributed by atoms with E-state index >= 15 is 0 Å². The molecular weight excluding hydrogens is 217 g/mol. The Morgan fingerprint density at radius 1 is 1.38 bits per heavy atom. The normalized spacial score (nSPS) is 13.8. The molecule has 5 heteroatoms. The SMILES string of the molecule is CCNC(CCC(F)(F)F)c1ccccn1. The van der Waals surface area contributed by atoms with Gasteiger partial charge in [0.15, 0.2) is 0 Å². The molecule has 16 heavy (non-hydrogen) atoms. The van der Waals surface area contributed by atoms with Crippen LogP contribution in [0.3, 0.4) is 0 Å². The van der Waals surface area contributed by atoms with Crippen molar-refractivity contribution in [2.45, 2.75) is 32.0 Å². The Bertz CT molecular complexity index is 298. The molecule has 1 rings (SSSR count). The molecule has 0 aliphatic heterocycles. The minimum Gasteiger partial charge on any atom is -0.309 e. The molecular formula is C11H15F3N2. The number of aromatic nitrogens is 1. The summed E-state index contributed by atoms with van der Waals surface area (Å²) in [6.07, 6.45) is -3.29. The fourth-order valence-corrected chi connectivity index (χ4v) is 1.49. The number of halogens is 3. The van der Waals surface area contributed by atoms with Gasteiger partial charge in [0.1, 0.15) is 0 Å². The van der Waals surface area contributed by atoms with Gasteiger partial charge in [0, 0.05) is 18.7 Å². The van der Waals surface area contributed by atoms with Crippen LogP contribution in [0.4, 0.5) is 13.2 Å². The second-order valence-corrected chi connectivity index (χ2v) is 3.52. The first-order chi connectivity index (χ1) is 7.53. The lowest BCUT2D eigenvalue weighted by Gasteiger charge is -2.18. The van der Waals surface area contributed by atoms with E-state index in [0.29, 0.717) is 12.2 Å². The van der Waals surface area contributed by atoms with Crippen LogP contribution in [0.15, 0.2) is 24.4 Å². The Labute approximate surface area is 92.9 Å². The summed E-state index contributed by atoms with van der Waals surface area (Å²) in [6, 6.07) is 4.94. The zero-order valence-corrected chi connectivity index (χ0v) is 9.09. The zero-order chi connectivity index (χ0) is 12.0. The van der Waals surface area contributed by atoms with Crippen molar-refractivity contribution < 1.29 is 13.2 Å². The summed E-state index contributed by atoms with van der Waals surface area (Å²) in [6.45, 7) is 2.49. The third-order valence-electron chi connectivity index (χ3n) is 2.21. The van der Waals surface area contributed by atoms with E-state index in [0.717, 1.165) is 0 Å². The van der Waals surface area contributed by atoms with Crippen molar-refractivity contribution in [2.75, 3.05) is 6.54 Å². The highest BCUT2D eigenvalue weighted by atomic mass is 19.4. The van der Waals surface area contributed by atoms with Crippen LogP contribution < -0.4 is 5.32 Å². The third kappa shape index (κ3) is 4.61. The molecule has 0 aliphatic rings. The first kappa shape index (κ1) is 13.0. The van der Waals surface area contributed by atoms with Gasteiger partial charge in [0.05, 0.1) is 5.69 Å². The number of pyridine rings is 1. The van der Waals surface area contributed by atoms with Crippen LogP contribution in [0.25, 0.3) is 0 Å². The fourth-order valence-electron chi connectivity index (χ4n) is 1.49. The minimum absolute atomic E-state index is 0.0222. The molecule has 0 aromatic carbocycles. The van der Waals surface area contributed by atoms with Crippen molar-refractivity contribution in [3.05, 3.63) is 30.1 Å². The molecule has 1 unspecified atom stereocenters. The van der Waals surface area contributed by atoms with Crippen molar-refractivity contribution in [3.63, 3.8) is 0 Å². The average molecular weight is 232 g/mol. The van der Waals surface area contributed by atoms with Crippen molar-refractivity contribution in [3.8, 4) is 0 Å². The van der Waals surface area contributed by atoms with Gasteiger partial charge < -0.3 is 5.32 Å². The predicted molar refractivity (Wildman–Crippen MR) is 55.9 cm³/mol. The van der Waals surface area contributed by atoms with Crippen LogP contribution in [0, 0.1) is 0 Å². The molecule has 1 N–H and O–H groups in total. The van der Waals surface area contributed by atoms with E-state index in [-0.39, 0.29) is 12.5 Å². The second kappa shape index (κ2) is 5.84. The lowest BCUT2D eigenvalue weighted by atomic mass is 10.1. The molecule has 0 spiro atoms. The molecule has 90 valence electrons. The number of alkyl halides is 3. The molecule has 0 fully saturated rings. The maximum atomic E-state index is 12.1. The molecule has 0 radical (unpaired) electrons. The van der Waals surface area contributed by atoms with Crippen molar-refractivity contribution >= 4 is 0 Å². The average Bonchev–Trinajstić information content (AvgIpc) is 2.24. The number of rotatable bonds is 5. The lowest BCUT2D eigenvalue weighted by molar-refractivity contribution is -0.136. The van der Waals surface area contributed by atoms with Gasteiger partial charge in [-0.1, -0.05) is 13.0 Å². The highest BCUT2D eigenvalue weighted by molar-refractivity contribution is 5.08. The summed E-state index contributed by atoms with van der Waals surface area (Å²) in [5, 5.41) is 3.01. The highest BCUT2D eigenvalue weighted by Gasteiger charge is 2.28. The fraction of sp³-hybridized carbons (Fsp3) is 0.545. The molecule has 0 aliphatic carbocycles. The number of nitrogens with one attached hydrogen (secondary N) is 1. The maximum absolute atomic E-state index is 12.1. The van der Waals surface area contributed by atoms with Gasteiger partial charge in [-0.3, -0.25) is 4.98 Å². The minimum atomic E-state index is -4.11. The summed E-state index contributed by atoms with van der Waals surface area (Å²) < 4.78 is 36.4. The summed E-state index contributed by atoms with van der Waals surface area (Å²) in [5.74, 6) is 0. The van der Waals surface area contributed by atoms with E-state index in [1.807, 2.05) is 6.92 Å². The molecule has 1 aromatic heterocycles. The molecule has 0 saturated heterocycles. The van der Waals surface area contributed by atoms with Crippen LogP contribution in [0.2, 0.25) is 0 Å². The lowest BCUT2D eigenvalue weighted by Crippen LogP contribution is -2.23. The van der Waals surface area contributed by atoms with Crippen LogP contribution in [-0.2, 0) is 0 Å². The Morgan fingerprint density at radius 3 is 2.62 bits per heavy atom. The van der Waals surface area contributed by atoms with E-state index in [2.05, 4.69) is 10.3 Å². The predicted octanol–water partition coefficient (Wildman–Crippen LogP) is 3.07. The van der Waals surface area contributed by atoms with Gasteiger partial charge in [0.2, 0.25) is 0 Å². The first-order valence-electron chi connectivity index (χ1n) is 5.24. The van der Waals surface area contributed by atoms with Crippen LogP contribution in [0.5, 0.6) is 0 Å². The molecule has 2 nitrogen and oxygen atoms in total. The largest absolute Gasteiger partial charge is 0.389 e. The molecule has 1 heterocycles. The molecule has 1 aromatic rings. The number of hydrogen-bond acceptors (Lipinski definition) is 2. The van der Waals surface area contributed by atoms with Gasteiger partial charge in [-0.05, 0) is 25.1 Å². The standard InChI is InChI=1S/C11H15F3N2/c1-2-15-10(6-7-11(12,13)14)9-5-3-4-8-16-9/h3-5,8,10,15H,2,6-7H2,1H3. The Kier molecular flexibility index (Phi) is 4.73. The zero-order valence-electron chi connectivity index (χ0n) is 9.09. The van der Waals surface area contributed by atoms with Crippen LogP contribution in [0.1, 0.15) is 31.5 Å². The third-order valence-corrected chi connectivity index (χ3v) is 2.21. The van der Waals surface area contributed by atoms with Crippen molar-refractivity contribution in [1.29, 1.82) is 0 Å². The van der Waals surface area contributed by atoms with Gasteiger partial charge in [-0.15, -0.1) is 0 Å². The summed E-state index contributed by atoms with van der Waals surface area (Å²) in [4.78, 5) is 4.07. The van der Waals surface area contributed by atoms with Crippen LogP contribution >= 0.6 is 0 Å². The summed E-state index contributed by atoms with van der Waals surface area (Å²) >= 11 is 0. The summed E-state index contributed by atoms with van der Waals surface area (Å²) in [7, 11) is 0. The molecule has 0 amide bonds. The Morgan fingerprint density at radius 2 is 2.12 bits per heavy atom. The highest BCUT2D eigenvalue weighted by Crippen LogP contribution is 2.26. The topological polar surface area (TPSA) is 24.9 Å². The molecule has 0 bridgehead atoms. The van der Waals surface area contributed by atoms with Crippen molar-refractivity contribution in [1.82, 2.24) is 10.3 Å². The van der Waals surface area contributed by atoms with E-state index in [9.17, 15) is 13.2 Å². The smallest absolute Gasteiger partial charge is 0.309 e. The summed E-state index contributed by atoms with van der Waals surface area (Å²) in [5.41, 5.74) is 0.661. The van der Waals surface area contributed by atoms with E-state index < -0.39 is 12.6 Å². The second-order valence-electron chi connectivity index (χ2n) is 3.52. The first-order valence-corrected chi connectivity index (χ1v) is 5.24. The number of nitrogens with zero attached hydrogens (tertiary/aromatic N) is 1. The van der Waals surface area contributed by atoms with Gasteiger partial charge >= 0.3 is 6.18 Å². The Balaban J connectivity index is 2.61.